The molecule has 0 aliphatic carbocycles. The molecule has 1 aromatic heterocycles. The van der Waals surface area contributed by atoms with Crippen molar-refractivity contribution >= 4 is 52.1 Å². The highest BCUT2D eigenvalue weighted by Gasteiger charge is 2.22. The first kappa shape index (κ1) is 16.9. The van der Waals surface area contributed by atoms with Gasteiger partial charge in [0.2, 0.25) is 12.1 Å². The number of carbonyl (C=O) groups excluding carboxylic acids is 2. The average Bonchev–Trinajstić information content (AvgIpc) is 2.74. The Balaban J connectivity index is 2.79. The maximum atomic E-state index is 11.1. The predicted molar refractivity (Wildman–Crippen MR) is 73.6 cm³/mol. The van der Waals surface area contributed by atoms with Crippen LogP contribution in [-0.2, 0) is 24.0 Å². The van der Waals surface area contributed by atoms with Crippen molar-refractivity contribution in [1.29, 1.82) is 0 Å². The van der Waals surface area contributed by atoms with Crippen molar-refractivity contribution in [2.45, 2.75) is 6.92 Å². The van der Waals surface area contributed by atoms with Crippen LogP contribution >= 0.6 is 22.9 Å². The van der Waals surface area contributed by atoms with Crippen molar-refractivity contribution in [2.75, 3.05) is 18.5 Å². The standard InChI is InChI=1S/C10H10ClN3O6S/c1-5(16)19-2-3-20-14-7(9(17)18)6-8(11)21-10(13-6)12-4-15/h4H,2-3H2,1H3,(H,17,18)(H,12,13,15). The first-order chi connectivity index (χ1) is 9.95. The van der Waals surface area contributed by atoms with Crippen LogP contribution in [0.4, 0.5) is 5.13 Å². The van der Waals surface area contributed by atoms with Crippen molar-refractivity contribution < 1.29 is 29.1 Å². The number of carboxylic acid groups (broad SMARTS) is 1. The van der Waals surface area contributed by atoms with Crippen LogP contribution in [0.2, 0.25) is 4.34 Å². The molecule has 1 heterocycles. The minimum Gasteiger partial charge on any atom is -0.476 e. The molecule has 0 unspecified atom stereocenters. The number of oxime groups is 1. The van der Waals surface area contributed by atoms with Crippen molar-refractivity contribution in [3.8, 4) is 0 Å². The second-order valence-corrected chi connectivity index (χ2v) is 4.92. The van der Waals surface area contributed by atoms with Gasteiger partial charge >= 0.3 is 11.9 Å². The summed E-state index contributed by atoms with van der Waals surface area (Å²) in [6.45, 7) is 1.02. The lowest BCUT2D eigenvalue weighted by Gasteiger charge is -2.02. The molecule has 0 spiro atoms. The van der Waals surface area contributed by atoms with Gasteiger partial charge in [0.25, 0.3) is 0 Å². The molecule has 21 heavy (non-hydrogen) atoms. The third kappa shape index (κ3) is 5.36. The van der Waals surface area contributed by atoms with E-state index < -0.39 is 17.7 Å². The number of rotatable bonds is 8. The number of hydrogen-bond donors (Lipinski definition) is 2. The fraction of sp³-hybridized carbons (Fsp3) is 0.300. The van der Waals surface area contributed by atoms with E-state index in [1.807, 2.05) is 0 Å². The number of halogens is 1. The largest absolute Gasteiger partial charge is 0.476 e. The highest BCUT2D eigenvalue weighted by Crippen LogP contribution is 2.28. The number of amides is 1. The molecule has 2 N–H and O–H groups in total. The zero-order valence-electron chi connectivity index (χ0n) is 10.7. The summed E-state index contributed by atoms with van der Waals surface area (Å²) in [4.78, 5) is 40.5. The van der Waals surface area contributed by atoms with E-state index in [-0.39, 0.29) is 28.4 Å². The first-order valence-corrected chi connectivity index (χ1v) is 6.58. The summed E-state index contributed by atoms with van der Waals surface area (Å²) in [5, 5.41) is 14.8. The van der Waals surface area contributed by atoms with E-state index in [1.54, 1.807) is 0 Å². The Morgan fingerprint density at radius 2 is 2.24 bits per heavy atom. The second kappa shape index (κ2) is 8.17. The Bertz CT molecular complexity index is 573. The van der Waals surface area contributed by atoms with Gasteiger partial charge in [-0.25, -0.2) is 9.78 Å². The van der Waals surface area contributed by atoms with E-state index in [1.165, 1.54) is 6.92 Å². The van der Waals surface area contributed by atoms with Crippen LogP contribution in [0.15, 0.2) is 5.16 Å². The van der Waals surface area contributed by atoms with E-state index in [0.29, 0.717) is 6.41 Å². The monoisotopic (exact) mass is 335 g/mol. The maximum absolute atomic E-state index is 11.1. The Hall–Kier alpha value is -2.20. The minimum atomic E-state index is -1.41. The van der Waals surface area contributed by atoms with E-state index >= 15 is 0 Å². The molecule has 0 aliphatic heterocycles. The van der Waals surface area contributed by atoms with E-state index in [9.17, 15) is 14.4 Å². The summed E-state index contributed by atoms with van der Waals surface area (Å²) >= 11 is 6.71. The maximum Gasteiger partial charge on any atom is 0.360 e. The summed E-state index contributed by atoms with van der Waals surface area (Å²) in [5.74, 6) is -1.90. The number of ether oxygens (including phenoxy) is 1. The average molecular weight is 336 g/mol. The first-order valence-electron chi connectivity index (χ1n) is 5.39. The van der Waals surface area contributed by atoms with Crippen molar-refractivity contribution in [1.82, 2.24) is 4.98 Å². The quantitative estimate of drug-likeness (QED) is 0.236. The number of nitrogens with one attached hydrogen (secondary N) is 1. The molecule has 11 heteroatoms. The predicted octanol–water partition coefficient (Wildman–Crippen LogP) is 0.733. The van der Waals surface area contributed by atoms with Gasteiger partial charge in [-0.3, -0.25) is 9.59 Å². The highest BCUT2D eigenvalue weighted by atomic mass is 35.5. The molecule has 0 atom stereocenters. The van der Waals surface area contributed by atoms with Crippen molar-refractivity contribution in [2.24, 2.45) is 5.16 Å². The van der Waals surface area contributed by atoms with Crippen LogP contribution in [0, 0.1) is 0 Å². The molecule has 0 radical (unpaired) electrons. The third-order valence-corrected chi connectivity index (χ3v) is 3.02. The minimum absolute atomic E-state index is 0.0316. The Kier molecular flexibility index (Phi) is 6.56. The highest BCUT2D eigenvalue weighted by molar-refractivity contribution is 7.20. The molecule has 1 aromatic rings. The zero-order chi connectivity index (χ0) is 15.8. The Morgan fingerprint density at radius 3 is 2.81 bits per heavy atom. The molecule has 0 bridgehead atoms. The van der Waals surface area contributed by atoms with Crippen LogP contribution in [0.5, 0.6) is 0 Å². The van der Waals surface area contributed by atoms with Crippen LogP contribution in [-0.4, -0.2) is 47.4 Å². The SMILES string of the molecule is CC(=O)OCCON=C(C(=O)O)c1nc(NC=O)sc1Cl. The number of esters is 1. The number of thiazole rings is 1. The molecule has 0 saturated carbocycles. The van der Waals surface area contributed by atoms with Crippen molar-refractivity contribution in [3.63, 3.8) is 0 Å². The van der Waals surface area contributed by atoms with Crippen LogP contribution in [0.3, 0.4) is 0 Å². The number of aliphatic carboxylic acids is 1. The van der Waals surface area contributed by atoms with Gasteiger partial charge in [-0.1, -0.05) is 28.1 Å². The summed E-state index contributed by atoms with van der Waals surface area (Å²) in [5.41, 5.74) is -0.663. The molecule has 1 amide bonds. The third-order valence-electron chi connectivity index (χ3n) is 1.83. The zero-order valence-corrected chi connectivity index (χ0v) is 12.2. The molecule has 0 aromatic carbocycles. The number of carbonyl (C=O) groups is 3. The number of anilines is 1. The number of nitrogens with zero attached hydrogens (tertiary/aromatic N) is 2. The molecule has 1 rings (SSSR count). The molecule has 0 aliphatic rings. The fourth-order valence-corrected chi connectivity index (χ4v) is 2.08. The summed E-state index contributed by atoms with van der Waals surface area (Å²) in [6.07, 6.45) is 0.381. The second-order valence-electron chi connectivity index (χ2n) is 3.32. The van der Waals surface area contributed by atoms with E-state index in [0.717, 1.165) is 11.3 Å². The van der Waals surface area contributed by atoms with Gasteiger partial charge in [0.15, 0.2) is 11.7 Å². The van der Waals surface area contributed by atoms with Gasteiger partial charge in [-0.05, 0) is 0 Å². The van der Waals surface area contributed by atoms with Gasteiger partial charge in [-0.2, -0.15) is 0 Å². The van der Waals surface area contributed by atoms with E-state index in [4.69, 9.17) is 21.5 Å². The molecular weight excluding hydrogens is 326 g/mol. The molecular formula is C10H10ClN3O6S. The van der Waals surface area contributed by atoms with Gasteiger partial charge in [0, 0.05) is 6.92 Å². The lowest BCUT2D eigenvalue weighted by Crippen LogP contribution is -2.17. The lowest BCUT2D eigenvalue weighted by atomic mass is 10.3. The van der Waals surface area contributed by atoms with Crippen LogP contribution in [0.1, 0.15) is 12.6 Å². The topological polar surface area (TPSA) is 127 Å². The normalized spacial score (nSPS) is 10.9. The lowest BCUT2D eigenvalue weighted by molar-refractivity contribution is -0.142. The smallest absolute Gasteiger partial charge is 0.360 e. The summed E-state index contributed by atoms with van der Waals surface area (Å²) in [7, 11) is 0. The number of carboxylic acids is 1. The number of aromatic nitrogens is 1. The van der Waals surface area contributed by atoms with Gasteiger partial charge in [0.05, 0.1) is 0 Å². The Labute approximate surface area is 127 Å². The van der Waals surface area contributed by atoms with Gasteiger partial charge < -0.3 is 20.0 Å². The summed E-state index contributed by atoms with van der Waals surface area (Å²) < 4.78 is 4.61. The number of hydrogen-bond acceptors (Lipinski definition) is 8. The van der Waals surface area contributed by atoms with Crippen LogP contribution in [0.25, 0.3) is 0 Å². The van der Waals surface area contributed by atoms with Crippen LogP contribution < -0.4 is 5.32 Å². The molecule has 114 valence electrons. The Morgan fingerprint density at radius 1 is 1.52 bits per heavy atom. The molecule has 0 saturated heterocycles. The molecule has 9 nitrogen and oxygen atoms in total. The van der Waals surface area contributed by atoms with E-state index in [2.05, 4.69) is 20.2 Å². The fourth-order valence-electron chi connectivity index (χ4n) is 1.08. The van der Waals surface area contributed by atoms with Gasteiger partial charge in [0.1, 0.15) is 16.6 Å². The molecule has 0 fully saturated rings. The summed E-state index contributed by atoms with van der Waals surface area (Å²) in [6, 6.07) is 0. The van der Waals surface area contributed by atoms with Crippen molar-refractivity contribution in [3.05, 3.63) is 10.0 Å². The van der Waals surface area contributed by atoms with Gasteiger partial charge in [-0.15, -0.1) is 0 Å².